The van der Waals surface area contributed by atoms with E-state index in [0.717, 1.165) is 59.1 Å². The standard InChI is InChI=1S/C25H31N3O2S.ClH/c1-4-27(5-2)14-15-28(25-26-22-13-12-21(30-3)17-23(22)31-25)24(29)20-11-10-18-8-6-7-9-19(18)16-20;/h10-13,16-17H,4-9,14-15H2,1-3H3;1H/p-1. The highest BCUT2D eigenvalue weighted by atomic mass is 35.5. The molecule has 7 heteroatoms. The summed E-state index contributed by atoms with van der Waals surface area (Å²) in [4.78, 5) is 22.7. The number of amides is 1. The number of benzene rings is 2. The summed E-state index contributed by atoms with van der Waals surface area (Å²) in [7, 11) is 1.67. The van der Waals surface area contributed by atoms with Gasteiger partial charge >= 0.3 is 0 Å². The highest BCUT2D eigenvalue weighted by molar-refractivity contribution is 7.22. The van der Waals surface area contributed by atoms with Gasteiger partial charge in [0.15, 0.2) is 5.13 Å². The number of nitrogens with zero attached hydrogens (tertiary/aromatic N) is 3. The molecule has 0 radical (unpaired) electrons. The Hall–Kier alpha value is -2.15. The van der Waals surface area contributed by atoms with Crippen LogP contribution in [-0.2, 0) is 12.8 Å². The largest absolute Gasteiger partial charge is 1.00 e. The van der Waals surface area contributed by atoms with Crippen molar-refractivity contribution in [1.82, 2.24) is 9.88 Å². The van der Waals surface area contributed by atoms with E-state index < -0.39 is 0 Å². The SMILES string of the molecule is CCN(CC)CCN(C(=O)c1ccc2c(c1)CCCC2)c1nc2ccc(OC)cc2s1.[Cl-]. The summed E-state index contributed by atoms with van der Waals surface area (Å²) in [6.07, 6.45) is 4.63. The Balaban J connectivity index is 0.00000289. The second-order valence-electron chi connectivity index (χ2n) is 8.00. The van der Waals surface area contributed by atoms with Crippen molar-refractivity contribution in [3.05, 3.63) is 53.1 Å². The molecule has 0 bridgehead atoms. The Labute approximate surface area is 200 Å². The molecule has 1 amide bonds. The first-order chi connectivity index (χ1) is 15.1. The Morgan fingerprint density at radius 1 is 1.03 bits per heavy atom. The zero-order valence-corrected chi connectivity index (χ0v) is 20.6. The third-order valence-corrected chi connectivity index (χ3v) is 7.23. The van der Waals surface area contributed by atoms with Crippen molar-refractivity contribution in [2.75, 3.05) is 38.2 Å². The lowest BCUT2D eigenvalue weighted by Gasteiger charge is -2.25. The van der Waals surface area contributed by atoms with E-state index in [2.05, 4.69) is 30.9 Å². The van der Waals surface area contributed by atoms with Crippen LogP contribution in [0.25, 0.3) is 10.2 Å². The van der Waals surface area contributed by atoms with Gasteiger partial charge in [-0.1, -0.05) is 31.3 Å². The number of aromatic nitrogens is 1. The van der Waals surface area contributed by atoms with Crippen molar-refractivity contribution in [3.8, 4) is 5.75 Å². The Morgan fingerprint density at radius 2 is 1.78 bits per heavy atom. The molecule has 0 unspecified atom stereocenters. The first kappa shape index (κ1) is 24.5. The smallest absolute Gasteiger partial charge is 0.260 e. The molecule has 0 N–H and O–H groups in total. The van der Waals surface area contributed by atoms with E-state index in [1.807, 2.05) is 29.2 Å². The van der Waals surface area contributed by atoms with Gasteiger partial charge in [0.05, 0.1) is 17.3 Å². The van der Waals surface area contributed by atoms with E-state index in [1.165, 1.54) is 24.0 Å². The monoisotopic (exact) mass is 472 g/mol. The van der Waals surface area contributed by atoms with E-state index in [0.29, 0.717) is 6.54 Å². The van der Waals surface area contributed by atoms with Crippen LogP contribution in [0.2, 0.25) is 0 Å². The molecule has 0 spiro atoms. The average molecular weight is 473 g/mol. The number of halogens is 1. The number of carbonyl (C=O) groups is 1. The molecule has 0 saturated heterocycles. The predicted octanol–water partition coefficient (Wildman–Crippen LogP) is 2.18. The van der Waals surface area contributed by atoms with Crippen LogP contribution in [0.5, 0.6) is 5.75 Å². The Morgan fingerprint density at radius 3 is 2.50 bits per heavy atom. The molecule has 1 aliphatic carbocycles. The first-order valence-electron chi connectivity index (χ1n) is 11.2. The molecule has 2 aromatic carbocycles. The third-order valence-electron chi connectivity index (χ3n) is 6.19. The number of hydrogen-bond acceptors (Lipinski definition) is 5. The quantitative estimate of drug-likeness (QED) is 0.504. The highest BCUT2D eigenvalue weighted by Gasteiger charge is 2.23. The summed E-state index contributed by atoms with van der Waals surface area (Å²) in [5, 5.41) is 0.748. The number of thiazole rings is 1. The minimum atomic E-state index is 0. The van der Waals surface area contributed by atoms with Gasteiger partial charge in [0.25, 0.3) is 5.91 Å². The molecule has 3 aromatic rings. The van der Waals surface area contributed by atoms with Crippen molar-refractivity contribution >= 4 is 32.6 Å². The summed E-state index contributed by atoms with van der Waals surface area (Å²) >= 11 is 1.55. The van der Waals surface area contributed by atoms with Crippen LogP contribution in [-0.4, -0.2) is 49.1 Å². The van der Waals surface area contributed by atoms with Crippen LogP contribution in [0.1, 0.15) is 48.2 Å². The van der Waals surface area contributed by atoms with Gasteiger partial charge in [0.2, 0.25) is 0 Å². The van der Waals surface area contributed by atoms with Crippen molar-refractivity contribution in [1.29, 1.82) is 0 Å². The number of likely N-dealkylation sites (N-methyl/N-ethyl adjacent to an activating group) is 1. The molecular formula is C25H31ClN3O2S-. The third kappa shape index (κ3) is 5.25. The van der Waals surface area contributed by atoms with Crippen molar-refractivity contribution < 1.29 is 21.9 Å². The zero-order valence-electron chi connectivity index (χ0n) is 19.1. The van der Waals surface area contributed by atoms with E-state index in [9.17, 15) is 4.79 Å². The number of rotatable bonds is 8. The molecule has 5 nitrogen and oxygen atoms in total. The first-order valence-corrected chi connectivity index (χ1v) is 12.0. The molecule has 1 aliphatic rings. The van der Waals surface area contributed by atoms with Gasteiger partial charge in [-0.3, -0.25) is 9.69 Å². The molecule has 32 heavy (non-hydrogen) atoms. The maximum atomic E-state index is 13.7. The van der Waals surface area contributed by atoms with E-state index in [-0.39, 0.29) is 18.3 Å². The summed E-state index contributed by atoms with van der Waals surface area (Å²) in [6, 6.07) is 12.1. The fourth-order valence-electron chi connectivity index (χ4n) is 4.22. The number of hydrogen-bond donors (Lipinski definition) is 0. The highest BCUT2D eigenvalue weighted by Crippen LogP contribution is 2.32. The van der Waals surface area contributed by atoms with E-state index in [4.69, 9.17) is 9.72 Å². The average Bonchev–Trinajstić information content (AvgIpc) is 3.24. The fourth-order valence-corrected chi connectivity index (χ4v) is 5.24. The number of anilines is 1. The number of methoxy groups -OCH3 is 1. The minimum Gasteiger partial charge on any atom is -1.00 e. The molecule has 0 aliphatic heterocycles. The summed E-state index contributed by atoms with van der Waals surface area (Å²) in [6.45, 7) is 7.69. The number of aryl methyl sites for hydroxylation is 2. The number of fused-ring (bicyclic) bond motifs is 2. The van der Waals surface area contributed by atoms with Gasteiger partial charge < -0.3 is 22.0 Å². The van der Waals surface area contributed by atoms with Crippen LogP contribution in [0.3, 0.4) is 0 Å². The lowest BCUT2D eigenvalue weighted by Crippen LogP contribution is -3.00. The Kier molecular flexibility index (Phi) is 8.51. The lowest BCUT2D eigenvalue weighted by atomic mass is 9.90. The molecular weight excluding hydrogens is 442 g/mol. The van der Waals surface area contributed by atoms with E-state index >= 15 is 0 Å². The molecule has 0 atom stereocenters. The van der Waals surface area contributed by atoms with Gasteiger partial charge in [-0.05, 0) is 80.2 Å². The van der Waals surface area contributed by atoms with Crippen molar-refractivity contribution in [2.45, 2.75) is 39.5 Å². The van der Waals surface area contributed by atoms with Crippen molar-refractivity contribution in [2.24, 2.45) is 0 Å². The van der Waals surface area contributed by atoms with Gasteiger partial charge in [0.1, 0.15) is 5.75 Å². The second kappa shape index (κ2) is 11.1. The zero-order chi connectivity index (χ0) is 21.8. The molecule has 1 aromatic heterocycles. The van der Waals surface area contributed by atoms with Crippen LogP contribution in [0.4, 0.5) is 5.13 Å². The summed E-state index contributed by atoms with van der Waals surface area (Å²) in [5.41, 5.74) is 4.38. The molecule has 0 fully saturated rings. The van der Waals surface area contributed by atoms with Crippen LogP contribution in [0.15, 0.2) is 36.4 Å². The van der Waals surface area contributed by atoms with Gasteiger partial charge in [-0.15, -0.1) is 0 Å². The Bertz CT molecular complexity index is 1060. The fraction of sp³-hybridized carbons (Fsp3) is 0.440. The number of ether oxygens (including phenoxy) is 1. The minimum absolute atomic E-state index is 0. The van der Waals surface area contributed by atoms with Gasteiger partial charge in [-0.2, -0.15) is 0 Å². The molecule has 172 valence electrons. The van der Waals surface area contributed by atoms with Crippen LogP contribution < -0.4 is 22.0 Å². The normalized spacial score (nSPS) is 13.0. The topological polar surface area (TPSA) is 45.7 Å². The second-order valence-corrected chi connectivity index (χ2v) is 9.01. The summed E-state index contributed by atoms with van der Waals surface area (Å²) < 4.78 is 6.39. The molecule has 4 rings (SSSR count). The molecule has 1 heterocycles. The lowest BCUT2D eigenvalue weighted by molar-refractivity contribution is -0.0000143. The van der Waals surface area contributed by atoms with E-state index in [1.54, 1.807) is 18.4 Å². The number of carbonyl (C=O) groups excluding carboxylic acids is 1. The predicted molar refractivity (Wildman–Crippen MR) is 129 cm³/mol. The summed E-state index contributed by atoms with van der Waals surface area (Å²) in [5.74, 6) is 0.838. The van der Waals surface area contributed by atoms with Gasteiger partial charge in [-0.25, -0.2) is 4.98 Å². The van der Waals surface area contributed by atoms with Crippen LogP contribution in [0, 0.1) is 0 Å². The van der Waals surface area contributed by atoms with Gasteiger partial charge in [0, 0.05) is 18.7 Å². The van der Waals surface area contributed by atoms with Crippen LogP contribution >= 0.6 is 11.3 Å². The molecule has 0 saturated carbocycles. The van der Waals surface area contributed by atoms with Crippen molar-refractivity contribution in [3.63, 3.8) is 0 Å². The maximum absolute atomic E-state index is 13.7. The maximum Gasteiger partial charge on any atom is 0.260 e.